The number of rotatable bonds is 5. The maximum absolute atomic E-state index is 13.1. The van der Waals surface area contributed by atoms with Crippen LogP contribution >= 0.6 is 0 Å². The first-order valence-electron chi connectivity index (χ1n) is 11.0. The number of carbonyl (C=O) groups excluding carboxylic acids is 2. The van der Waals surface area contributed by atoms with Gasteiger partial charge in [-0.2, -0.15) is 0 Å². The Hall–Kier alpha value is -2.40. The Morgan fingerprint density at radius 2 is 1.83 bits per heavy atom. The van der Waals surface area contributed by atoms with E-state index < -0.39 is 0 Å². The molecule has 0 radical (unpaired) electrons. The van der Waals surface area contributed by atoms with E-state index in [-0.39, 0.29) is 17.7 Å². The minimum absolute atomic E-state index is 0.0241. The first-order valence-corrected chi connectivity index (χ1v) is 11.0. The highest BCUT2D eigenvalue weighted by Crippen LogP contribution is 2.24. The molecule has 5 heteroatoms. The molecule has 2 aromatic carbocycles. The maximum atomic E-state index is 13.1. The Kier molecular flexibility index (Phi) is 6.45. The highest BCUT2D eigenvalue weighted by molar-refractivity contribution is 6.07. The summed E-state index contributed by atoms with van der Waals surface area (Å²) in [5.74, 6) is 0.941. The van der Waals surface area contributed by atoms with Crippen LogP contribution in [0.15, 0.2) is 42.5 Å². The number of likely N-dealkylation sites (tertiary alicyclic amines) is 1. The molecule has 2 aliphatic heterocycles. The number of hydrogen-bond donors (Lipinski definition) is 2. The number of benzene rings is 2. The highest BCUT2D eigenvalue weighted by Gasteiger charge is 2.28. The number of nitrogens with one attached hydrogen (secondary N) is 2. The van der Waals surface area contributed by atoms with Crippen molar-refractivity contribution in [2.24, 2.45) is 11.8 Å². The van der Waals surface area contributed by atoms with Gasteiger partial charge in [0.15, 0.2) is 0 Å². The molecule has 2 aliphatic rings. The van der Waals surface area contributed by atoms with Crippen LogP contribution in [0.2, 0.25) is 0 Å². The fourth-order valence-corrected chi connectivity index (χ4v) is 4.64. The van der Waals surface area contributed by atoms with E-state index in [1.807, 2.05) is 47.4 Å². The Balaban J connectivity index is 1.27. The van der Waals surface area contributed by atoms with E-state index in [2.05, 4.69) is 10.6 Å². The van der Waals surface area contributed by atoms with Crippen LogP contribution in [0.4, 0.5) is 0 Å². The van der Waals surface area contributed by atoms with Gasteiger partial charge in [-0.05, 0) is 68.0 Å². The number of hydrogen-bond acceptors (Lipinski definition) is 3. The molecule has 0 spiro atoms. The van der Waals surface area contributed by atoms with E-state index in [0.29, 0.717) is 19.0 Å². The lowest BCUT2D eigenvalue weighted by atomic mass is 9.94. The first-order chi connectivity index (χ1) is 14.2. The lowest BCUT2D eigenvalue weighted by Gasteiger charge is -2.32. The van der Waals surface area contributed by atoms with Crippen molar-refractivity contribution in [1.29, 1.82) is 0 Å². The molecule has 2 amide bonds. The standard InChI is InChI=1S/C24H31N3O2/c28-23(26-14-10-18-5-4-13-25-17-18)20-11-15-27(16-12-20)24(29)22-9-3-7-19-6-1-2-8-21(19)22/h1-3,6-9,18,20,25H,4-5,10-17H2,(H,26,28). The largest absolute Gasteiger partial charge is 0.356 e. The molecule has 0 aliphatic carbocycles. The summed E-state index contributed by atoms with van der Waals surface area (Å²) in [6.45, 7) is 4.25. The van der Waals surface area contributed by atoms with Gasteiger partial charge in [-0.1, -0.05) is 36.4 Å². The third-order valence-corrected chi connectivity index (χ3v) is 6.42. The molecule has 2 heterocycles. The molecule has 154 valence electrons. The normalized spacial score (nSPS) is 20.6. The number of piperidine rings is 2. The average Bonchev–Trinajstić information content (AvgIpc) is 2.79. The average molecular weight is 394 g/mol. The molecule has 0 saturated carbocycles. The molecule has 2 aromatic rings. The third kappa shape index (κ3) is 4.78. The lowest BCUT2D eigenvalue weighted by Crippen LogP contribution is -2.43. The quantitative estimate of drug-likeness (QED) is 0.820. The van der Waals surface area contributed by atoms with Crippen LogP contribution in [0, 0.1) is 11.8 Å². The SMILES string of the molecule is O=C(NCCC1CCCNC1)C1CCN(C(=O)c2cccc3ccccc23)CC1. The summed E-state index contributed by atoms with van der Waals surface area (Å²) in [4.78, 5) is 27.5. The van der Waals surface area contributed by atoms with Crippen LogP contribution in [-0.2, 0) is 4.79 Å². The van der Waals surface area contributed by atoms with Crippen molar-refractivity contribution in [2.45, 2.75) is 32.1 Å². The van der Waals surface area contributed by atoms with Crippen LogP contribution in [0.3, 0.4) is 0 Å². The van der Waals surface area contributed by atoms with Crippen molar-refractivity contribution >= 4 is 22.6 Å². The Morgan fingerprint density at radius 1 is 1.03 bits per heavy atom. The van der Waals surface area contributed by atoms with Gasteiger partial charge in [0.05, 0.1) is 0 Å². The molecule has 0 bridgehead atoms. The van der Waals surface area contributed by atoms with Gasteiger partial charge in [-0.3, -0.25) is 9.59 Å². The molecule has 4 rings (SSSR count). The summed E-state index contributed by atoms with van der Waals surface area (Å²) in [5.41, 5.74) is 0.757. The van der Waals surface area contributed by atoms with Crippen molar-refractivity contribution in [1.82, 2.24) is 15.5 Å². The number of carbonyl (C=O) groups is 2. The van der Waals surface area contributed by atoms with Crippen LogP contribution in [0.25, 0.3) is 10.8 Å². The molecule has 1 atom stereocenters. The first kappa shape index (κ1) is 19.9. The maximum Gasteiger partial charge on any atom is 0.254 e. The second-order valence-corrected chi connectivity index (χ2v) is 8.39. The Bertz CT molecular complexity index is 847. The summed E-state index contributed by atoms with van der Waals surface area (Å²) in [7, 11) is 0. The topological polar surface area (TPSA) is 61.4 Å². The molecule has 5 nitrogen and oxygen atoms in total. The summed E-state index contributed by atoms with van der Waals surface area (Å²) in [6, 6.07) is 13.9. The zero-order valence-electron chi connectivity index (χ0n) is 17.0. The fraction of sp³-hybridized carbons (Fsp3) is 0.500. The highest BCUT2D eigenvalue weighted by atomic mass is 16.2. The number of fused-ring (bicyclic) bond motifs is 1. The summed E-state index contributed by atoms with van der Waals surface area (Å²) >= 11 is 0. The van der Waals surface area contributed by atoms with Gasteiger partial charge in [0.1, 0.15) is 0 Å². The van der Waals surface area contributed by atoms with E-state index in [4.69, 9.17) is 0 Å². The van der Waals surface area contributed by atoms with Gasteiger partial charge in [0, 0.05) is 31.1 Å². The van der Waals surface area contributed by atoms with Crippen molar-refractivity contribution in [3.63, 3.8) is 0 Å². The van der Waals surface area contributed by atoms with Gasteiger partial charge in [0.25, 0.3) is 5.91 Å². The van der Waals surface area contributed by atoms with Crippen LogP contribution in [0.5, 0.6) is 0 Å². The molecule has 0 aromatic heterocycles. The second kappa shape index (κ2) is 9.40. The fourth-order valence-electron chi connectivity index (χ4n) is 4.64. The zero-order chi connectivity index (χ0) is 20.1. The van der Waals surface area contributed by atoms with E-state index in [1.54, 1.807) is 0 Å². The third-order valence-electron chi connectivity index (χ3n) is 6.42. The van der Waals surface area contributed by atoms with Crippen molar-refractivity contribution in [3.05, 3.63) is 48.0 Å². The van der Waals surface area contributed by atoms with Crippen LogP contribution in [-0.4, -0.2) is 49.4 Å². The van der Waals surface area contributed by atoms with E-state index in [9.17, 15) is 9.59 Å². The Morgan fingerprint density at radius 3 is 2.62 bits per heavy atom. The second-order valence-electron chi connectivity index (χ2n) is 8.39. The van der Waals surface area contributed by atoms with Gasteiger partial charge >= 0.3 is 0 Å². The van der Waals surface area contributed by atoms with Gasteiger partial charge in [0.2, 0.25) is 5.91 Å². The van der Waals surface area contributed by atoms with Gasteiger partial charge < -0.3 is 15.5 Å². The molecule has 29 heavy (non-hydrogen) atoms. The molecule has 2 saturated heterocycles. The summed E-state index contributed by atoms with van der Waals surface area (Å²) < 4.78 is 0. The Labute approximate surface area is 172 Å². The van der Waals surface area contributed by atoms with Gasteiger partial charge in [-0.25, -0.2) is 0 Å². The summed E-state index contributed by atoms with van der Waals surface area (Å²) in [6.07, 6.45) is 5.04. The van der Waals surface area contributed by atoms with Crippen molar-refractivity contribution < 1.29 is 9.59 Å². The van der Waals surface area contributed by atoms with E-state index in [1.165, 1.54) is 12.8 Å². The zero-order valence-corrected chi connectivity index (χ0v) is 17.0. The molecule has 1 unspecified atom stereocenters. The molecule has 2 N–H and O–H groups in total. The van der Waals surface area contributed by atoms with Crippen molar-refractivity contribution in [2.75, 3.05) is 32.7 Å². The van der Waals surface area contributed by atoms with E-state index in [0.717, 1.165) is 55.2 Å². The van der Waals surface area contributed by atoms with Gasteiger partial charge in [-0.15, -0.1) is 0 Å². The molecular formula is C24H31N3O2. The van der Waals surface area contributed by atoms with Crippen molar-refractivity contribution in [3.8, 4) is 0 Å². The predicted molar refractivity (Wildman–Crippen MR) is 116 cm³/mol. The molecular weight excluding hydrogens is 362 g/mol. The number of nitrogens with zero attached hydrogens (tertiary/aromatic N) is 1. The summed E-state index contributed by atoms with van der Waals surface area (Å²) in [5, 5.41) is 8.64. The minimum Gasteiger partial charge on any atom is -0.356 e. The molecule has 2 fully saturated rings. The smallest absolute Gasteiger partial charge is 0.254 e. The van der Waals surface area contributed by atoms with E-state index >= 15 is 0 Å². The predicted octanol–water partition coefficient (Wildman–Crippen LogP) is 3.20. The minimum atomic E-state index is 0.0241. The monoisotopic (exact) mass is 393 g/mol. The lowest BCUT2D eigenvalue weighted by molar-refractivity contribution is -0.126. The van der Waals surface area contributed by atoms with Crippen LogP contribution < -0.4 is 10.6 Å². The van der Waals surface area contributed by atoms with Crippen LogP contribution in [0.1, 0.15) is 42.5 Å². The number of amides is 2.